The molecule has 0 unspecified atom stereocenters. The zero-order valence-electron chi connectivity index (χ0n) is 12.5. The summed E-state index contributed by atoms with van der Waals surface area (Å²) < 4.78 is 0.547. The van der Waals surface area contributed by atoms with Crippen LogP contribution < -0.4 is 4.90 Å². The van der Waals surface area contributed by atoms with Crippen molar-refractivity contribution in [1.29, 1.82) is 0 Å². The number of hydrogen-bond acceptors (Lipinski definition) is 4. The molecule has 1 fully saturated rings. The molecule has 0 radical (unpaired) electrons. The van der Waals surface area contributed by atoms with Crippen molar-refractivity contribution < 1.29 is 4.79 Å². The predicted molar refractivity (Wildman–Crippen MR) is 104 cm³/mol. The maximum absolute atomic E-state index is 12.8. The molecule has 3 nitrogen and oxygen atoms in total. The molecule has 1 aliphatic rings. The van der Waals surface area contributed by atoms with Crippen molar-refractivity contribution in [2.45, 2.75) is 0 Å². The van der Waals surface area contributed by atoms with E-state index in [4.69, 9.17) is 12.2 Å². The van der Waals surface area contributed by atoms with Crippen molar-refractivity contribution in [3.63, 3.8) is 0 Å². The molecule has 2 aromatic carbocycles. The Kier molecular flexibility index (Phi) is 3.88. The van der Waals surface area contributed by atoms with Crippen LogP contribution in [0.15, 0.2) is 71.9 Å². The summed E-state index contributed by atoms with van der Waals surface area (Å²) >= 11 is 6.75. The number of carbonyl (C=O) groups excluding carboxylic acids is 1. The summed E-state index contributed by atoms with van der Waals surface area (Å²) in [6.45, 7) is 0. The smallest absolute Gasteiger partial charge is 0.268 e. The Bertz CT molecular complexity index is 983. The van der Waals surface area contributed by atoms with Crippen molar-refractivity contribution in [2.75, 3.05) is 4.90 Å². The molecule has 0 spiro atoms. The van der Waals surface area contributed by atoms with E-state index in [1.807, 2.05) is 60.7 Å². The molecule has 3 aromatic rings. The molecule has 24 heavy (non-hydrogen) atoms. The molecule has 0 bridgehead atoms. The monoisotopic (exact) mass is 348 g/mol. The lowest BCUT2D eigenvalue weighted by molar-refractivity contribution is -0.113. The fourth-order valence-corrected chi connectivity index (χ4v) is 3.92. The van der Waals surface area contributed by atoms with E-state index in [0.717, 1.165) is 22.0 Å². The van der Waals surface area contributed by atoms with Crippen LogP contribution in [0.3, 0.4) is 0 Å². The van der Waals surface area contributed by atoms with Gasteiger partial charge in [0.25, 0.3) is 5.91 Å². The summed E-state index contributed by atoms with van der Waals surface area (Å²) in [5.41, 5.74) is 1.68. The molecule has 1 aromatic heterocycles. The fraction of sp³-hybridized carbons (Fsp3) is 0. The van der Waals surface area contributed by atoms with Gasteiger partial charge in [-0.1, -0.05) is 60.4 Å². The molecule has 5 heteroatoms. The van der Waals surface area contributed by atoms with Crippen LogP contribution in [0.2, 0.25) is 0 Å². The van der Waals surface area contributed by atoms with Crippen LogP contribution in [-0.4, -0.2) is 15.2 Å². The standard InChI is InChI=1S/C19H12N2OS2/c22-18-17(10-13-4-3-9-20-12-13)24-19(23)21(18)16-8-7-14-5-1-2-6-15(14)11-16/h1-12H/b17-10-. The van der Waals surface area contributed by atoms with Gasteiger partial charge in [-0.3, -0.25) is 14.7 Å². The molecule has 0 N–H and O–H groups in total. The number of fused-ring (bicyclic) bond motifs is 1. The number of aromatic nitrogens is 1. The second-order valence-corrected chi connectivity index (χ2v) is 7.01. The number of rotatable bonds is 2. The van der Waals surface area contributed by atoms with Gasteiger partial charge in [0.1, 0.15) is 0 Å². The van der Waals surface area contributed by atoms with Crippen LogP contribution in [0, 0.1) is 0 Å². The molecule has 0 saturated carbocycles. The van der Waals surface area contributed by atoms with Crippen molar-refractivity contribution in [3.8, 4) is 0 Å². The van der Waals surface area contributed by atoms with Crippen LogP contribution in [0.5, 0.6) is 0 Å². The molecule has 1 aliphatic heterocycles. The number of amides is 1. The van der Waals surface area contributed by atoms with E-state index in [-0.39, 0.29) is 5.91 Å². The summed E-state index contributed by atoms with van der Waals surface area (Å²) in [4.78, 5) is 19.1. The number of thioether (sulfide) groups is 1. The zero-order chi connectivity index (χ0) is 16.5. The molecule has 1 amide bonds. The summed E-state index contributed by atoms with van der Waals surface area (Å²) in [5, 5.41) is 2.22. The first-order chi connectivity index (χ1) is 11.7. The van der Waals surface area contributed by atoms with E-state index in [1.165, 1.54) is 11.8 Å². The Morgan fingerprint density at radius 3 is 2.67 bits per heavy atom. The van der Waals surface area contributed by atoms with Crippen LogP contribution in [0.25, 0.3) is 16.8 Å². The maximum atomic E-state index is 12.8. The number of carbonyl (C=O) groups is 1. The normalized spacial score (nSPS) is 16.3. The Balaban J connectivity index is 1.71. The van der Waals surface area contributed by atoms with Gasteiger partial charge in [-0.15, -0.1) is 0 Å². The van der Waals surface area contributed by atoms with Gasteiger partial charge in [-0.25, -0.2) is 0 Å². The van der Waals surface area contributed by atoms with Crippen molar-refractivity contribution >= 4 is 56.7 Å². The molecule has 0 aliphatic carbocycles. The highest BCUT2D eigenvalue weighted by Gasteiger charge is 2.33. The number of thiocarbonyl (C=S) groups is 1. The third kappa shape index (κ3) is 2.72. The minimum atomic E-state index is -0.0934. The molecule has 2 heterocycles. The highest BCUT2D eigenvalue weighted by Crippen LogP contribution is 2.36. The molecule has 4 rings (SSSR count). The molecular formula is C19H12N2OS2. The van der Waals surface area contributed by atoms with E-state index in [0.29, 0.717) is 9.23 Å². The molecule has 116 valence electrons. The number of anilines is 1. The zero-order valence-corrected chi connectivity index (χ0v) is 14.2. The number of pyridine rings is 1. The Morgan fingerprint density at radius 1 is 1.04 bits per heavy atom. The van der Waals surface area contributed by atoms with Crippen molar-refractivity contribution in [2.24, 2.45) is 0 Å². The predicted octanol–water partition coefficient (Wildman–Crippen LogP) is 4.64. The third-order valence-corrected chi connectivity index (χ3v) is 5.07. The lowest BCUT2D eigenvalue weighted by Crippen LogP contribution is -2.27. The van der Waals surface area contributed by atoms with Gasteiger partial charge >= 0.3 is 0 Å². The van der Waals surface area contributed by atoms with E-state index < -0.39 is 0 Å². The number of benzene rings is 2. The minimum Gasteiger partial charge on any atom is -0.268 e. The second-order valence-electron chi connectivity index (χ2n) is 5.33. The molecular weight excluding hydrogens is 336 g/mol. The lowest BCUT2D eigenvalue weighted by atomic mass is 10.1. The van der Waals surface area contributed by atoms with E-state index in [2.05, 4.69) is 4.98 Å². The first kappa shape index (κ1) is 15.1. The molecule has 0 atom stereocenters. The van der Waals surface area contributed by atoms with Crippen molar-refractivity contribution in [1.82, 2.24) is 4.98 Å². The lowest BCUT2D eigenvalue weighted by Gasteiger charge is -2.15. The highest BCUT2D eigenvalue weighted by atomic mass is 32.2. The second kappa shape index (κ2) is 6.19. The summed E-state index contributed by atoms with van der Waals surface area (Å²) in [6.07, 6.45) is 5.26. The average Bonchev–Trinajstić information content (AvgIpc) is 2.89. The fourth-order valence-electron chi connectivity index (χ4n) is 2.62. The quantitative estimate of drug-likeness (QED) is 0.499. The number of nitrogens with zero attached hydrogens (tertiary/aromatic N) is 2. The van der Waals surface area contributed by atoms with Crippen LogP contribution in [0.4, 0.5) is 5.69 Å². The summed E-state index contributed by atoms with van der Waals surface area (Å²) in [5.74, 6) is -0.0934. The Hall–Kier alpha value is -2.50. The first-order valence-corrected chi connectivity index (χ1v) is 8.62. The summed E-state index contributed by atoms with van der Waals surface area (Å²) in [6, 6.07) is 17.7. The van der Waals surface area contributed by atoms with Gasteiger partial charge in [-0.2, -0.15) is 0 Å². The van der Waals surface area contributed by atoms with Gasteiger partial charge in [-0.05, 0) is 40.6 Å². The van der Waals surface area contributed by atoms with E-state index >= 15 is 0 Å². The topological polar surface area (TPSA) is 33.2 Å². The minimum absolute atomic E-state index is 0.0934. The maximum Gasteiger partial charge on any atom is 0.270 e. The SMILES string of the molecule is O=C1/C(=C/c2cccnc2)SC(=S)N1c1ccc2ccccc2c1. The highest BCUT2D eigenvalue weighted by molar-refractivity contribution is 8.27. The summed E-state index contributed by atoms with van der Waals surface area (Å²) in [7, 11) is 0. The van der Waals surface area contributed by atoms with Crippen LogP contribution in [-0.2, 0) is 4.79 Å². The Morgan fingerprint density at radius 2 is 1.88 bits per heavy atom. The largest absolute Gasteiger partial charge is 0.270 e. The number of hydrogen-bond donors (Lipinski definition) is 0. The van der Waals surface area contributed by atoms with Crippen LogP contribution in [0.1, 0.15) is 5.56 Å². The molecule has 1 saturated heterocycles. The van der Waals surface area contributed by atoms with Gasteiger partial charge in [0, 0.05) is 12.4 Å². The average molecular weight is 348 g/mol. The van der Waals surface area contributed by atoms with Gasteiger partial charge < -0.3 is 0 Å². The third-order valence-electron chi connectivity index (χ3n) is 3.77. The van der Waals surface area contributed by atoms with Gasteiger partial charge in [0.15, 0.2) is 4.32 Å². The van der Waals surface area contributed by atoms with Gasteiger partial charge in [0.2, 0.25) is 0 Å². The van der Waals surface area contributed by atoms with E-state index in [9.17, 15) is 4.79 Å². The first-order valence-electron chi connectivity index (χ1n) is 7.39. The Labute approximate surface area is 149 Å². The van der Waals surface area contributed by atoms with E-state index in [1.54, 1.807) is 17.3 Å². The van der Waals surface area contributed by atoms with Crippen LogP contribution >= 0.6 is 24.0 Å². The van der Waals surface area contributed by atoms with Crippen molar-refractivity contribution in [3.05, 3.63) is 77.5 Å². The van der Waals surface area contributed by atoms with Gasteiger partial charge in [0.05, 0.1) is 10.6 Å².